The number of hydrogen-bond acceptors (Lipinski definition) is 6. The lowest BCUT2D eigenvalue weighted by Crippen LogP contribution is -2.31. The number of carbonyl (C=O) groups excluding carboxylic acids is 2. The number of nitrogens with one attached hydrogen (secondary N) is 1. The van der Waals surface area contributed by atoms with Crippen LogP contribution in [0.2, 0.25) is 0 Å². The highest BCUT2D eigenvalue weighted by atomic mass is 19.1. The Bertz CT molecular complexity index is 876. The van der Waals surface area contributed by atoms with Gasteiger partial charge in [-0.05, 0) is 30.8 Å². The smallest absolute Gasteiger partial charge is 0.253 e. The van der Waals surface area contributed by atoms with Crippen molar-refractivity contribution in [1.29, 1.82) is 5.41 Å². The molecule has 0 radical (unpaired) electrons. The second-order valence-corrected chi connectivity index (χ2v) is 5.21. The average molecular weight is 352 g/mol. The van der Waals surface area contributed by atoms with Gasteiger partial charge in [-0.15, -0.1) is 0 Å². The number of halogens is 1. The van der Waals surface area contributed by atoms with Crippen molar-refractivity contribution in [2.75, 3.05) is 6.54 Å². The molecule has 0 heterocycles. The van der Waals surface area contributed by atoms with Crippen LogP contribution in [0.4, 0.5) is 15.8 Å². The zero-order valence-corrected chi connectivity index (χ0v) is 13.9. The van der Waals surface area contributed by atoms with E-state index in [4.69, 9.17) is 11.1 Å². The maximum Gasteiger partial charge on any atom is 0.253 e. The number of Topliss-reactive ketones (excluding diaryl/α,β-unsaturated/α-hetero) is 2. The monoisotopic (exact) mass is 352 g/mol. The first-order chi connectivity index (χ1) is 12.5. The maximum absolute atomic E-state index is 13.5. The molecular formula is C19H17FN4O2. The van der Waals surface area contributed by atoms with Crippen LogP contribution in [0.3, 0.4) is 0 Å². The fourth-order valence-corrected chi connectivity index (χ4v) is 2.03. The van der Waals surface area contributed by atoms with E-state index in [-0.39, 0.29) is 24.4 Å². The Labute approximate surface area is 149 Å². The molecule has 7 heteroatoms. The van der Waals surface area contributed by atoms with Gasteiger partial charge in [0.2, 0.25) is 5.78 Å². The molecule has 0 aliphatic rings. The first-order valence-electron chi connectivity index (χ1n) is 7.81. The summed E-state index contributed by atoms with van der Waals surface area (Å²) >= 11 is 0. The molecule has 3 N–H and O–H groups in total. The second kappa shape index (κ2) is 9.24. The van der Waals surface area contributed by atoms with Crippen molar-refractivity contribution in [1.82, 2.24) is 0 Å². The molecule has 0 spiro atoms. The fourth-order valence-electron chi connectivity index (χ4n) is 2.03. The molecule has 0 aromatic heterocycles. The summed E-state index contributed by atoms with van der Waals surface area (Å²) in [5.41, 5.74) is 5.54. The van der Waals surface area contributed by atoms with Gasteiger partial charge in [0.25, 0.3) is 5.78 Å². The first-order valence-corrected chi connectivity index (χ1v) is 7.81. The molecule has 2 aromatic rings. The first kappa shape index (κ1) is 19.0. The van der Waals surface area contributed by atoms with Crippen LogP contribution in [0.1, 0.15) is 6.42 Å². The van der Waals surface area contributed by atoms with Crippen LogP contribution < -0.4 is 5.73 Å². The number of nitrogens with two attached hydrogens (primary N) is 1. The lowest BCUT2D eigenvalue weighted by Gasteiger charge is -2.05. The highest BCUT2D eigenvalue weighted by Gasteiger charge is 2.22. The summed E-state index contributed by atoms with van der Waals surface area (Å²) in [6.45, 7) is 0.166. The van der Waals surface area contributed by atoms with Crippen molar-refractivity contribution in [2.24, 2.45) is 15.7 Å². The van der Waals surface area contributed by atoms with E-state index in [1.54, 1.807) is 36.4 Å². The van der Waals surface area contributed by atoms with Crippen LogP contribution in [0.5, 0.6) is 0 Å². The minimum atomic E-state index is -1.08. The maximum atomic E-state index is 13.5. The van der Waals surface area contributed by atoms with Crippen molar-refractivity contribution in [3.8, 4) is 0 Å². The number of carbonyl (C=O) groups is 2. The Kier molecular flexibility index (Phi) is 6.75. The Balaban J connectivity index is 2.18. The van der Waals surface area contributed by atoms with Crippen molar-refractivity contribution in [3.63, 3.8) is 0 Å². The molecule has 0 atom stereocenters. The minimum Gasteiger partial charge on any atom is -0.330 e. The van der Waals surface area contributed by atoms with Crippen LogP contribution in [0.25, 0.3) is 0 Å². The molecule has 2 rings (SSSR count). The Morgan fingerprint density at radius 1 is 1.08 bits per heavy atom. The average Bonchev–Trinajstić information content (AvgIpc) is 2.66. The summed E-state index contributed by atoms with van der Waals surface area (Å²) < 4.78 is 13.5. The Morgan fingerprint density at radius 2 is 1.73 bits per heavy atom. The highest BCUT2D eigenvalue weighted by molar-refractivity contribution is 6.86. The van der Waals surface area contributed by atoms with Crippen molar-refractivity contribution in [2.45, 2.75) is 6.42 Å². The van der Waals surface area contributed by atoms with Crippen LogP contribution >= 0.6 is 0 Å². The Hall–Kier alpha value is -3.32. The molecule has 26 heavy (non-hydrogen) atoms. The zero-order chi connectivity index (χ0) is 18.9. The second-order valence-electron chi connectivity index (χ2n) is 5.21. The van der Waals surface area contributed by atoms with Crippen LogP contribution in [0, 0.1) is 11.2 Å². The molecule has 0 aliphatic carbocycles. The van der Waals surface area contributed by atoms with E-state index >= 15 is 0 Å². The lowest BCUT2D eigenvalue weighted by atomic mass is 10.1. The molecule has 2 aromatic carbocycles. The molecule has 0 amide bonds. The van der Waals surface area contributed by atoms with Crippen molar-refractivity contribution < 1.29 is 14.0 Å². The quantitative estimate of drug-likeness (QED) is 0.563. The number of benzene rings is 2. The number of nitrogens with zero attached hydrogens (tertiary/aromatic N) is 2. The number of hydrogen-bond donors (Lipinski definition) is 2. The summed E-state index contributed by atoms with van der Waals surface area (Å²) in [6.07, 6.45) is 0.870. The molecule has 132 valence electrons. The third-order valence-corrected chi connectivity index (χ3v) is 3.31. The largest absolute Gasteiger partial charge is 0.330 e. The number of ketones is 2. The summed E-state index contributed by atoms with van der Waals surface area (Å²) in [5, 5.41) is 7.97. The molecular weight excluding hydrogens is 335 g/mol. The number of aliphatic imine (C=N–C) groups is 2. The normalized spacial score (nSPS) is 11.5. The molecule has 0 unspecified atom stereocenters. The van der Waals surface area contributed by atoms with Gasteiger partial charge in [0.1, 0.15) is 11.5 Å². The van der Waals surface area contributed by atoms with E-state index < -0.39 is 23.1 Å². The fraction of sp³-hybridized carbons (Fsp3) is 0.105. The third-order valence-electron chi connectivity index (χ3n) is 3.31. The van der Waals surface area contributed by atoms with Gasteiger partial charge in [-0.3, -0.25) is 20.0 Å². The van der Waals surface area contributed by atoms with Crippen LogP contribution in [-0.2, 0) is 9.59 Å². The SMILES string of the molecule is N=C(C(=O)C(=O)C=Nc1ccccc1F)C(CCN)=Nc1ccccc1. The molecule has 0 bridgehead atoms. The summed E-state index contributed by atoms with van der Waals surface area (Å²) in [6, 6.07) is 14.3. The van der Waals surface area contributed by atoms with Gasteiger partial charge in [-0.1, -0.05) is 30.3 Å². The molecule has 0 aliphatic heterocycles. The van der Waals surface area contributed by atoms with E-state index in [9.17, 15) is 14.0 Å². The topological polar surface area (TPSA) is 109 Å². The number of rotatable bonds is 8. The highest BCUT2D eigenvalue weighted by Crippen LogP contribution is 2.15. The third kappa shape index (κ3) is 5.09. The van der Waals surface area contributed by atoms with E-state index in [2.05, 4.69) is 9.98 Å². The summed E-state index contributed by atoms with van der Waals surface area (Å²) in [5.74, 6) is -2.72. The minimum absolute atomic E-state index is 0.0692. The van der Waals surface area contributed by atoms with Gasteiger partial charge in [-0.25, -0.2) is 9.38 Å². The molecule has 6 nitrogen and oxygen atoms in total. The van der Waals surface area contributed by atoms with Crippen LogP contribution in [0.15, 0.2) is 64.6 Å². The number of para-hydroxylation sites is 2. The van der Waals surface area contributed by atoms with Gasteiger partial charge >= 0.3 is 0 Å². The van der Waals surface area contributed by atoms with E-state index in [0.717, 1.165) is 0 Å². The molecule has 0 saturated heterocycles. The van der Waals surface area contributed by atoms with E-state index in [1.165, 1.54) is 18.2 Å². The predicted molar refractivity (Wildman–Crippen MR) is 99.5 cm³/mol. The predicted octanol–water partition coefficient (Wildman–Crippen LogP) is 2.81. The summed E-state index contributed by atoms with van der Waals surface area (Å²) in [4.78, 5) is 32.0. The van der Waals surface area contributed by atoms with Gasteiger partial charge in [-0.2, -0.15) is 0 Å². The van der Waals surface area contributed by atoms with Gasteiger partial charge in [0.05, 0.1) is 23.3 Å². The zero-order valence-electron chi connectivity index (χ0n) is 13.9. The molecule has 0 fully saturated rings. The van der Waals surface area contributed by atoms with E-state index in [0.29, 0.717) is 11.9 Å². The van der Waals surface area contributed by atoms with E-state index in [1.807, 2.05) is 0 Å². The Morgan fingerprint density at radius 3 is 2.38 bits per heavy atom. The van der Waals surface area contributed by atoms with Gasteiger partial charge in [0.15, 0.2) is 0 Å². The van der Waals surface area contributed by atoms with Crippen LogP contribution in [-0.4, -0.2) is 35.7 Å². The summed E-state index contributed by atoms with van der Waals surface area (Å²) in [7, 11) is 0. The van der Waals surface area contributed by atoms with Crippen molar-refractivity contribution >= 4 is 40.6 Å². The standard InChI is InChI=1S/C19H17FN4O2/c20-14-8-4-5-9-15(14)23-12-17(25)19(26)18(22)16(10-11-21)24-13-6-2-1-3-7-13/h1-9,12,22H,10-11,21H2. The molecule has 0 saturated carbocycles. The van der Waals surface area contributed by atoms with Crippen molar-refractivity contribution in [3.05, 3.63) is 60.4 Å². The van der Waals surface area contributed by atoms with Gasteiger partial charge in [0, 0.05) is 6.42 Å². The lowest BCUT2D eigenvalue weighted by molar-refractivity contribution is -0.128. The van der Waals surface area contributed by atoms with Gasteiger partial charge < -0.3 is 5.73 Å².